The maximum atomic E-state index is 12.7. The topological polar surface area (TPSA) is 55.6 Å². The minimum atomic E-state index is -0.217. The second-order valence-corrected chi connectivity index (χ2v) is 5.75. The first-order valence-electron chi connectivity index (χ1n) is 7.87. The Labute approximate surface area is 144 Å². The lowest BCUT2D eigenvalue weighted by molar-refractivity contribution is 0.0968. The second-order valence-electron chi connectivity index (χ2n) is 5.75. The van der Waals surface area contributed by atoms with Crippen LogP contribution < -0.4 is 9.64 Å². The number of carbonyl (C=O) groups excluding carboxylic acids is 1. The highest BCUT2D eigenvalue weighted by molar-refractivity contribution is 6.06. The summed E-state index contributed by atoms with van der Waals surface area (Å²) in [5.41, 5.74) is 2.00. The van der Waals surface area contributed by atoms with Gasteiger partial charge >= 0.3 is 0 Å². The molecule has 1 amide bonds. The molecule has 0 saturated heterocycles. The Kier molecular flexibility index (Phi) is 3.61. The van der Waals surface area contributed by atoms with E-state index in [0.29, 0.717) is 5.71 Å². The van der Waals surface area contributed by atoms with Gasteiger partial charge in [0, 0.05) is 29.6 Å². The lowest BCUT2D eigenvalue weighted by Gasteiger charge is -2.15. The first-order chi connectivity index (χ1) is 12.2. The summed E-state index contributed by atoms with van der Waals surface area (Å²) in [7, 11) is 3.34. The highest BCUT2D eigenvalue weighted by Gasteiger charge is 2.19. The quantitative estimate of drug-likeness (QED) is 0.562. The molecular weight excluding hydrogens is 316 g/mol. The van der Waals surface area contributed by atoms with Gasteiger partial charge in [-0.25, -0.2) is 4.98 Å². The first kappa shape index (κ1) is 15.2. The molecule has 0 radical (unpaired) electrons. The lowest BCUT2D eigenvalue weighted by atomic mass is 10.2. The summed E-state index contributed by atoms with van der Waals surface area (Å²) in [5, 5.41) is 1.76. The smallest absolute Gasteiger partial charge is 0.293 e. The molecule has 0 bridgehead atoms. The van der Waals surface area contributed by atoms with Crippen molar-refractivity contribution in [2.75, 3.05) is 19.1 Å². The SMILES string of the molecule is COc1ccc2cc3cc(C(=O)N(C)c4ccccc4)oc3nc2c1. The average Bonchev–Trinajstić information content (AvgIpc) is 3.07. The minimum Gasteiger partial charge on any atom is -0.497 e. The Morgan fingerprint density at radius 1 is 1.04 bits per heavy atom. The third kappa shape index (κ3) is 2.70. The highest BCUT2D eigenvalue weighted by atomic mass is 16.5. The van der Waals surface area contributed by atoms with Crippen molar-refractivity contribution in [2.24, 2.45) is 0 Å². The fourth-order valence-corrected chi connectivity index (χ4v) is 2.77. The van der Waals surface area contributed by atoms with Crippen molar-refractivity contribution in [1.29, 1.82) is 0 Å². The number of ether oxygens (including phenoxy) is 1. The molecule has 5 heteroatoms. The lowest BCUT2D eigenvalue weighted by Crippen LogP contribution is -2.25. The predicted octanol–water partition coefficient (Wildman–Crippen LogP) is 4.27. The van der Waals surface area contributed by atoms with Gasteiger partial charge in [-0.15, -0.1) is 0 Å². The molecule has 0 aliphatic rings. The number of aromatic nitrogens is 1. The number of methoxy groups -OCH3 is 1. The van der Waals surface area contributed by atoms with Crippen molar-refractivity contribution < 1.29 is 13.9 Å². The van der Waals surface area contributed by atoms with E-state index in [9.17, 15) is 4.79 Å². The van der Waals surface area contributed by atoms with Crippen LogP contribution in [0.5, 0.6) is 5.75 Å². The molecule has 2 aromatic carbocycles. The maximum Gasteiger partial charge on any atom is 0.293 e. The molecule has 25 heavy (non-hydrogen) atoms. The van der Waals surface area contributed by atoms with Gasteiger partial charge in [0.25, 0.3) is 5.91 Å². The van der Waals surface area contributed by atoms with Crippen LogP contribution in [0.15, 0.2) is 65.1 Å². The molecular formula is C20H16N2O3. The molecule has 0 spiro atoms. The standard InChI is InChI=1S/C20H16N2O3/c1-22(15-6-4-3-5-7-15)20(23)18-11-14-10-13-8-9-16(24-2)12-17(13)21-19(14)25-18/h3-12H,1-2H3. The van der Waals surface area contributed by atoms with Gasteiger partial charge in [0.15, 0.2) is 5.76 Å². The number of amides is 1. The largest absolute Gasteiger partial charge is 0.497 e. The van der Waals surface area contributed by atoms with Gasteiger partial charge in [-0.1, -0.05) is 18.2 Å². The molecule has 0 N–H and O–H groups in total. The number of anilines is 1. The van der Waals surface area contributed by atoms with Crippen LogP contribution in [-0.4, -0.2) is 25.0 Å². The van der Waals surface area contributed by atoms with Gasteiger partial charge in [-0.3, -0.25) is 4.79 Å². The van der Waals surface area contributed by atoms with E-state index in [0.717, 1.165) is 27.7 Å². The van der Waals surface area contributed by atoms with E-state index in [1.807, 2.05) is 54.6 Å². The number of carbonyl (C=O) groups is 1. The molecule has 0 aliphatic heterocycles. The third-order valence-corrected chi connectivity index (χ3v) is 4.17. The zero-order chi connectivity index (χ0) is 17.4. The normalized spacial score (nSPS) is 11.0. The number of rotatable bonds is 3. The number of benzene rings is 2. The van der Waals surface area contributed by atoms with Crippen LogP contribution in [0.1, 0.15) is 10.6 Å². The molecule has 2 aromatic heterocycles. The van der Waals surface area contributed by atoms with Gasteiger partial charge in [-0.2, -0.15) is 0 Å². The molecule has 0 saturated carbocycles. The number of para-hydroxylation sites is 1. The van der Waals surface area contributed by atoms with Crippen LogP contribution in [0.2, 0.25) is 0 Å². The fraction of sp³-hybridized carbons (Fsp3) is 0.100. The van der Waals surface area contributed by atoms with Crippen molar-refractivity contribution in [3.8, 4) is 5.75 Å². The van der Waals surface area contributed by atoms with E-state index in [4.69, 9.17) is 9.15 Å². The van der Waals surface area contributed by atoms with Crippen molar-refractivity contribution in [3.63, 3.8) is 0 Å². The summed E-state index contributed by atoms with van der Waals surface area (Å²) < 4.78 is 10.9. The number of nitrogens with zero attached hydrogens (tertiary/aromatic N) is 2. The molecule has 0 atom stereocenters. The Morgan fingerprint density at radius 3 is 2.60 bits per heavy atom. The molecule has 5 nitrogen and oxygen atoms in total. The Balaban J connectivity index is 1.75. The molecule has 124 valence electrons. The van der Waals surface area contributed by atoms with Crippen LogP contribution in [0, 0.1) is 0 Å². The van der Waals surface area contributed by atoms with Gasteiger partial charge < -0.3 is 14.1 Å². The van der Waals surface area contributed by atoms with Crippen molar-refractivity contribution in [1.82, 2.24) is 4.98 Å². The van der Waals surface area contributed by atoms with Crippen LogP contribution in [0.3, 0.4) is 0 Å². The Hall–Kier alpha value is -3.34. The zero-order valence-electron chi connectivity index (χ0n) is 13.9. The zero-order valence-corrected chi connectivity index (χ0v) is 13.9. The summed E-state index contributed by atoms with van der Waals surface area (Å²) in [4.78, 5) is 18.8. The van der Waals surface area contributed by atoms with E-state index in [1.54, 1.807) is 25.1 Å². The number of furan rings is 1. The van der Waals surface area contributed by atoms with E-state index in [2.05, 4.69) is 4.98 Å². The van der Waals surface area contributed by atoms with Gasteiger partial charge in [-0.05, 0) is 36.4 Å². The summed E-state index contributed by atoms with van der Waals surface area (Å²) in [6.07, 6.45) is 0. The molecule has 0 aliphatic carbocycles. The van der Waals surface area contributed by atoms with Crippen molar-refractivity contribution in [3.05, 3.63) is 66.4 Å². The molecule has 0 fully saturated rings. The first-order valence-corrected chi connectivity index (χ1v) is 7.87. The van der Waals surface area contributed by atoms with Crippen LogP contribution in [0.25, 0.3) is 22.0 Å². The maximum absolute atomic E-state index is 12.7. The average molecular weight is 332 g/mol. The second kappa shape index (κ2) is 5.94. The van der Waals surface area contributed by atoms with Crippen molar-refractivity contribution in [2.45, 2.75) is 0 Å². The number of hydrogen-bond acceptors (Lipinski definition) is 4. The predicted molar refractivity (Wildman–Crippen MR) is 97.2 cm³/mol. The van der Waals surface area contributed by atoms with E-state index >= 15 is 0 Å². The van der Waals surface area contributed by atoms with Gasteiger partial charge in [0.05, 0.1) is 12.6 Å². The summed E-state index contributed by atoms with van der Waals surface area (Å²) >= 11 is 0. The van der Waals surface area contributed by atoms with Gasteiger partial charge in [0.2, 0.25) is 5.71 Å². The number of hydrogen-bond donors (Lipinski definition) is 0. The fourth-order valence-electron chi connectivity index (χ4n) is 2.77. The number of fused-ring (bicyclic) bond motifs is 2. The Bertz CT molecular complexity index is 1070. The molecule has 2 heterocycles. The Morgan fingerprint density at radius 2 is 1.84 bits per heavy atom. The minimum absolute atomic E-state index is 0.217. The summed E-state index contributed by atoms with van der Waals surface area (Å²) in [5.74, 6) is 0.771. The van der Waals surface area contributed by atoms with Crippen molar-refractivity contribution >= 4 is 33.6 Å². The van der Waals surface area contributed by atoms with Crippen LogP contribution >= 0.6 is 0 Å². The van der Waals surface area contributed by atoms with E-state index < -0.39 is 0 Å². The molecule has 4 aromatic rings. The van der Waals surface area contributed by atoms with Crippen LogP contribution in [0.4, 0.5) is 5.69 Å². The van der Waals surface area contributed by atoms with Gasteiger partial charge in [0.1, 0.15) is 5.75 Å². The summed E-state index contributed by atoms with van der Waals surface area (Å²) in [6, 6.07) is 18.8. The summed E-state index contributed by atoms with van der Waals surface area (Å²) in [6.45, 7) is 0. The van der Waals surface area contributed by atoms with Crippen LogP contribution in [-0.2, 0) is 0 Å². The highest BCUT2D eigenvalue weighted by Crippen LogP contribution is 2.26. The van der Waals surface area contributed by atoms with E-state index in [-0.39, 0.29) is 11.7 Å². The third-order valence-electron chi connectivity index (χ3n) is 4.17. The molecule has 0 unspecified atom stereocenters. The molecule has 4 rings (SSSR count). The monoisotopic (exact) mass is 332 g/mol. The van der Waals surface area contributed by atoms with E-state index in [1.165, 1.54) is 0 Å². The number of pyridine rings is 1.